The molecular formula is C20H35IN4O2. The molecule has 27 heavy (non-hydrogen) atoms. The SMILES string of the molecule is CCNC(=NCc1ccc(C)cc1OCC)NCCC(=O)NC(C)CC.I. The van der Waals surface area contributed by atoms with Gasteiger partial charge in [-0.05, 0) is 45.7 Å². The minimum absolute atomic E-state index is 0. The third kappa shape index (κ3) is 10.4. The van der Waals surface area contributed by atoms with Crippen LogP contribution in [0.5, 0.6) is 5.75 Å². The van der Waals surface area contributed by atoms with Gasteiger partial charge in [-0.2, -0.15) is 0 Å². The summed E-state index contributed by atoms with van der Waals surface area (Å²) in [4.78, 5) is 16.5. The van der Waals surface area contributed by atoms with Crippen molar-refractivity contribution in [1.29, 1.82) is 0 Å². The van der Waals surface area contributed by atoms with E-state index < -0.39 is 0 Å². The van der Waals surface area contributed by atoms with Crippen molar-refractivity contribution in [2.75, 3.05) is 19.7 Å². The molecule has 0 aliphatic carbocycles. The Bertz CT molecular complexity index is 593. The van der Waals surface area contributed by atoms with Gasteiger partial charge in [-0.1, -0.05) is 19.1 Å². The molecule has 0 spiro atoms. The fraction of sp³-hybridized carbons (Fsp3) is 0.600. The van der Waals surface area contributed by atoms with Gasteiger partial charge in [0.25, 0.3) is 0 Å². The number of benzene rings is 1. The predicted molar refractivity (Wildman–Crippen MR) is 123 cm³/mol. The summed E-state index contributed by atoms with van der Waals surface area (Å²) < 4.78 is 5.71. The van der Waals surface area contributed by atoms with E-state index in [0.717, 1.165) is 24.3 Å². The minimum Gasteiger partial charge on any atom is -0.494 e. The van der Waals surface area contributed by atoms with Crippen molar-refractivity contribution in [2.24, 2.45) is 4.99 Å². The molecule has 0 fully saturated rings. The summed E-state index contributed by atoms with van der Waals surface area (Å²) in [6, 6.07) is 6.36. The first-order valence-corrected chi connectivity index (χ1v) is 9.53. The van der Waals surface area contributed by atoms with Crippen LogP contribution in [-0.2, 0) is 11.3 Å². The van der Waals surface area contributed by atoms with Gasteiger partial charge in [0.15, 0.2) is 5.96 Å². The standard InChI is InChI=1S/C20H34N4O2.HI/c1-6-16(5)24-19(25)11-12-22-20(21-7-2)23-14-17-10-9-15(4)13-18(17)26-8-3;/h9-10,13,16H,6-8,11-12,14H2,1-5H3,(H,24,25)(H2,21,22,23);1H. The van der Waals surface area contributed by atoms with Crippen molar-refractivity contribution in [3.63, 3.8) is 0 Å². The molecule has 0 bridgehead atoms. The summed E-state index contributed by atoms with van der Waals surface area (Å²) in [6.45, 7) is 12.6. The van der Waals surface area contributed by atoms with Crippen LogP contribution in [0.1, 0.15) is 51.7 Å². The van der Waals surface area contributed by atoms with Crippen molar-refractivity contribution in [2.45, 2.75) is 60.0 Å². The second-order valence-corrected chi connectivity index (χ2v) is 6.29. The fourth-order valence-corrected chi connectivity index (χ4v) is 2.33. The van der Waals surface area contributed by atoms with E-state index in [2.05, 4.69) is 33.9 Å². The number of nitrogens with zero attached hydrogens (tertiary/aromatic N) is 1. The number of hydrogen-bond donors (Lipinski definition) is 3. The summed E-state index contributed by atoms with van der Waals surface area (Å²) in [5.41, 5.74) is 2.21. The Hall–Kier alpha value is -1.51. The zero-order valence-electron chi connectivity index (χ0n) is 17.2. The molecule has 0 heterocycles. The Morgan fingerprint density at radius 1 is 1.22 bits per heavy atom. The Morgan fingerprint density at radius 2 is 1.96 bits per heavy atom. The molecule has 1 atom stereocenters. The summed E-state index contributed by atoms with van der Waals surface area (Å²) in [5.74, 6) is 1.63. The lowest BCUT2D eigenvalue weighted by molar-refractivity contribution is -0.121. The number of aryl methyl sites for hydroxylation is 1. The molecule has 1 rings (SSSR count). The molecule has 1 aromatic rings. The van der Waals surface area contributed by atoms with E-state index in [-0.39, 0.29) is 35.9 Å². The summed E-state index contributed by atoms with van der Waals surface area (Å²) >= 11 is 0. The van der Waals surface area contributed by atoms with Crippen LogP contribution in [-0.4, -0.2) is 37.6 Å². The number of carbonyl (C=O) groups is 1. The van der Waals surface area contributed by atoms with Crippen LogP contribution in [0.25, 0.3) is 0 Å². The smallest absolute Gasteiger partial charge is 0.221 e. The first-order chi connectivity index (χ1) is 12.5. The van der Waals surface area contributed by atoms with Crippen molar-refractivity contribution >= 4 is 35.8 Å². The average Bonchev–Trinajstić information content (AvgIpc) is 2.61. The number of guanidine groups is 1. The Morgan fingerprint density at radius 3 is 2.59 bits per heavy atom. The molecule has 1 aromatic carbocycles. The second kappa shape index (κ2) is 14.5. The highest BCUT2D eigenvalue weighted by Gasteiger charge is 2.07. The third-order valence-electron chi connectivity index (χ3n) is 3.94. The zero-order chi connectivity index (χ0) is 19.4. The number of halogens is 1. The number of rotatable bonds is 10. The van der Waals surface area contributed by atoms with Crippen molar-refractivity contribution < 1.29 is 9.53 Å². The van der Waals surface area contributed by atoms with Crippen molar-refractivity contribution in [1.82, 2.24) is 16.0 Å². The molecule has 7 heteroatoms. The van der Waals surface area contributed by atoms with Gasteiger partial charge < -0.3 is 20.7 Å². The summed E-state index contributed by atoms with van der Waals surface area (Å²) in [6.07, 6.45) is 1.35. The minimum atomic E-state index is 0. The highest BCUT2D eigenvalue weighted by molar-refractivity contribution is 14.0. The monoisotopic (exact) mass is 490 g/mol. The topological polar surface area (TPSA) is 74.8 Å². The lowest BCUT2D eigenvalue weighted by Crippen LogP contribution is -2.40. The van der Waals surface area contributed by atoms with Crippen LogP contribution in [0.15, 0.2) is 23.2 Å². The number of aliphatic imine (C=N–C) groups is 1. The van der Waals surface area contributed by atoms with Gasteiger partial charge >= 0.3 is 0 Å². The van der Waals surface area contributed by atoms with E-state index >= 15 is 0 Å². The Labute approximate surface area is 181 Å². The molecule has 154 valence electrons. The van der Waals surface area contributed by atoms with E-state index in [9.17, 15) is 4.79 Å². The molecule has 3 N–H and O–H groups in total. The van der Waals surface area contributed by atoms with Crippen LogP contribution >= 0.6 is 24.0 Å². The molecule has 1 unspecified atom stereocenters. The first-order valence-electron chi connectivity index (χ1n) is 9.53. The zero-order valence-corrected chi connectivity index (χ0v) is 19.6. The van der Waals surface area contributed by atoms with Crippen LogP contribution in [0.2, 0.25) is 0 Å². The molecule has 0 aromatic heterocycles. The third-order valence-corrected chi connectivity index (χ3v) is 3.94. The van der Waals surface area contributed by atoms with E-state index in [1.807, 2.05) is 39.8 Å². The number of hydrogen-bond acceptors (Lipinski definition) is 3. The lowest BCUT2D eigenvalue weighted by Gasteiger charge is -2.14. The maximum Gasteiger partial charge on any atom is 0.221 e. The van der Waals surface area contributed by atoms with E-state index in [4.69, 9.17) is 4.74 Å². The number of amides is 1. The molecular weight excluding hydrogens is 455 g/mol. The van der Waals surface area contributed by atoms with Gasteiger partial charge in [-0.15, -0.1) is 24.0 Å². The highest BCUT2D eigenvalue weighted by Crippen LogP contribution is 2.21. The van der Waals surface area contributed by atoms with Crippen LogP contribution < -0.4 is 20.7 Å². The largest absolute Gasteiger partial charge is 0.494 e. The van der Waals surface area contributed by atoms with Gasteiger partial charge in [0, 0.05) is 31.1 Å². The van der Waals surface area contributed by atoms with Gasteiger partial charge in [0.1, 0.15) is 5.75 Å². The van der Waals surface area contributed by atoms with Gasteiger partial charge in [-0.3, -0.25) is 4.79 Å². The normalized spacial score (nSPS) is 12.0. The van der Waals surface area contributed by atoms with Gasteiger partial charge in [-0.25, -0.2) is 4.99 Å². The van der Waals surface area contributed by atoms with Gasteiger partial charge in [0.2, 0.25) is 5.91 Å². The molecule has 0 saturated heterocycles. The molecule has 1 amide bonds. The molecule has 0 aliphatic rings. The van der Waals surface area contributed by atoms with Crippen LogP contribution in [0, 0.1) is 6.92 Å². The van der Waals surface area contributed by atoms with Crippen LogP contribution in [0.4, 0.5) is 0 Å². The highest BCUT2D eigenvalue weighted by atomic mass is 127. The Kier molecular flexibility index (Phi) is 13.7. The number of nitrogens with one attached hydrogen (secondary N) is 3. The van der Waals surface area contributed by atoms with E-state index in [1.165, 1.54) is 5.56 Å². The predicted octanol–water partition coefficient (Wildman–Crippen LogP) is 3.37. The number of ether oxygens (including phenoxy) is 1. The number of carbonyl (C=O) groups excluding carboxylic acids is 1. The average molecular weight is 490 g/mol. The molecule has 0 radical (unpaired) electrons. The van der Waals surface area contributed by atoms with Crippen molar-refractivity contribution in [3.8, 4) is 5.75 Å². The molecule has 6 nitrogen and oxygen atoms in total. The van der Waals surface area contributed by atoms with Crippen LogP contribution in [0.3, 0.4) is 0 Å². The summed E-state index contributed by atoms with van der Waals surface area (Å²) in [5, 5.41) is 9.39. The maximum atomic E-state index is 11.9. The van der Waals surface area contributed by atoms with E-state index in [1.54, 1.807) is 0 Å². The van der Waals surface area contributed by atoms with Gasteiger partial charge in [0.05, 0.1) is 13.2 Å². The Balaban J connectivity index is 0.00000676. The fourth-order valence-electron chi connectivity index (χ4n) is 2.33. The maximum absolute atomic E-state index is 11.9. The first kappa shape index (κ1) is 25.5. The molecule has 0 aliphatic heterocycles. The summed E-state index contributed by atoms with van der Waals surface area (Å²) in [7, 11) is 0. The lowest BCUT2D eigenvalue weighted by atomic mass is 10.1. The van der Waals surface area contributed by atoms with Crippen molar-refractivity contribution in [3.05, 3.63) is 29.3 Å². The second-order valence-electron chi connectivity index (χ2n) is 6.29. The molecule has 0 saturated carbocycles. The van der Waals surface area contributed by atoms with E-state index in [0.29, 0.717) is 32.1 Å². The quantitative estimate of drug-likeness (QED) is 0.267.